The van der Waals surface area contributed by atoms with Gasteiger partial charge in [0.15, 0.2) is 0 Å². The molecule has 2 N–H and O–H groups in total. The summed E-state index contributed by atoms with van der Waals surface area (Å²) >= 11 is 18.8. The van der Waals surface area contributed by atoms with Gasteiger partial charge in [0, 0.05) is 38.8 Å². The predicted molar refractivity (Wildman–Crippen MR) is 175 cm³/mol. The molecule has 0 bridgehead atoms. The number of nitrogens with one attached hydrogen (secondary N) is 2. The van der Waals surface area contributed by atoms with Crippen LogP contribution in [0.1, 0.15) is 0 Å². The van der Waals surface area contributed by atoms with Crippen molar-refractivity contribution in [2.75, 3.05) is 51.1 Å². The number of aliphatic imine (C=N–C) groups is 1. The van der Waals surface area contributed by atoms with Gasteiger partial charge in [-0.2, -0.15) is 0 Å². The standard InChI is InChI=1S/C10H11NOS2.C7H7IO.2C3H5NS2/c1-12-8-3-2-4-9(7-8)14-10-11-5-6-13-10;1-9-7-4-2-3-6(8)5-7;2*5-3-4-1-2-6-3/h2-4,7H,5-6H2,1H3;2-5H,1H3;2*1-2H2,(H,4,5). The Hall–Kier alpha value is -0.380. The fraction of sp³-hybridized carbons (Fsp3) is 0.348. The molecule has 2 aromatic rings. The Bertz CT molecular complexity index is 944. The van der Waals surface area contributed by atoms with Crippen molar-refractivity contribution in [3.63, 3.8) is 0 Å². The SMILES string of the molecule is COc1cccc(I)c1.COc1cccc(SC2=NCCS2)c1.S=C1NCCS1.S=C1NCCS1. The second kappa shape index (κ2) is 18.8. The highest BCUT2D eigenvalue weighted by Crippen LogP contribution is 2.30. The molecule has 5 rings (SSSR count). The number of methoxy groups -OCH3 is 2. The van der Waals surface area contributed by atoms with Crippen LogP contribution in [0, 0.1) is 3.57 Å². The normalized spacial score (nSPS) is 15.7. The highest BCUT2D eigenvalue weighted by atomic mass is 127. The first kappa shape index (κ1) is 30.8. The van der Waals surface area contributed by atoms with Crippen LogP contribution in [0.5, 0.6) is 11.5 Å². The molecule has 0 unspecified atom stereocenters. The van der Waals surface area contributed by atoms with Crippen LogP contribution in [0.2, 0.25) is 0 Å². The van der Waals surface area contributed by atoms with E-state index in [2.05, 4.69) is 44.3 Å². The molecule has 190 valence electrons. The molecule has 0 spiro atoms. The van der Waals surface area contributed by atoms with Crippen LogP contribution in [0.15, 0.2) is 58.4 Å². The second-order valence-corrected chi connectivity index (χ2v) is 13.8. The van der Waals surface area contributed by atoms with Crippen molar-refractivity contribution in [1.29, 1.82) is 0 Å². The first-order chi connectivity index (χ1) is 17.0. The average molecular weight is 698 g/mol. The number of rotatable bonds is 3. The van der Waals surface area contributed by atoms with Crippen LogP contribution in [-0.4, -0.2) is 64.1 Å². The van der Waals surface area contributed by atoms with Crippen molar-refractivity contribution >= 4 is 107 Å². The first-order valence-corrected chi connectivity index (χ1v) is 16.3. The van der Waals surface area contributed by atoms with E-state index in [0.29, 0.717) is 0 Å². The number of nitrogens with zero attached hydrogens (tertiary/aromatic N) is 1. The largest absolute Gasteiger partial charge is 0.497 e. The fourth-order valence-corrected chi connectivity index (χ4v) is 6.83. The zero-order valence-corrected chi connectivity index (χ0v) is 26.5. The molecule has 0 amide bonds. The van der Waals surface area contributed by atoms with Crippen molar-refractivity contribution in [1.82, 2.24) is 10.6 Å². The van der Waals surface area contributed by atoms with E-state index in [0.717, 1.165) is 57.0 Å². The van der Waals surface area contributed by atoms with Gasteiger partial charge in [0.2, 0.25) is 0 Å². The lowest BCUT2D eigenvalue weighted by Gasteiger charge is -2.02. The highest BCUT2D eigenvalue weighted by Gasteiger charge is 2.09. The van der Waals surface area contributed by atoms with Gasteiger partial charge in [-0.3, -0.25) is 4.99 Å². The highest BCUT2D eigenvalue weighted by molar-refractivity contribution is 14.1. The van der Waals surface area contributed by atoms with E-state index in [1.807, 2.05) is 54.2 Å². The number of hydrogen-bond donors (Lipinski definition) is 2. The van der Waals surface area contributed by atoms with Gasteiger partial charge in [-0.1, -0.05) is 83.6 Å². The summed E-state index contributed by atoms with van der Waals surface area (Å²) in [5.74, 6) is 5.24. The molecule has 12 heteroatoms. The number of thioether (sulfide) groups is 4. The average Bonchev–Trinajstić information content (AvgIpc) is 3.66. The van der Waals surface area contributed by atoms with Crippen LogP contribution in [0.3, 0.4) is 0 Å². The molecule has 35 heavy (non-hydrogen) atoms. The lowest BCUT2D eigenvalue weighted by Crippen LogP contribution is -2.09. The van der Waals surface area contributed by atoms with E-state index in [1.54, 1.807) is 49.5 Å². The molecule has 0 saturated carbocycles. The number of benzene rings is 2. The Morgan fingerprint density at radius 1 is 0.857 bits per heavy atom. The zero-order valence-electron chi connectivity index (χ0n) is 19.5. The lowest BCUT2D eigenvalue weighted by atomic mass is 10.3. The molecular weight excluding hydrogens is 670 g/mol. The molecule has 0 atom stereocenters. The maximum Gasteiger partial charge on any atom is 0.133 e. The quantitative estimate of drug-likeness (QED) is 0.278. The summed E-state index contributed by atoms with van der Waals surface area (Å²) < 4.78 is 14.4. The third kappa shape index (κ3) is 14.2. The van der Waals surface area contributed by atoms with E-state index in [1.165, 1.54) is 12.8 Å². The van der Waals surface area contributed by atoms with E-state index < -0.39 is 0 Å². The van der Waals surface area contributed by atoms with Crippen LogP contribution in [0.4, 0.5) is 0 Å². The molecule has 2 fully saturated rings. The van der Waals surface area contributed by atoms with Crippen molar-refractivity contribution in [2.45, 2.75) is 4.90 Å². The van der Waals surface area contributed by atoms with Crippen molar-refractivity contribution in [3.05, 3.63) is 52.1 Å². The summed E-state index contributed by atoms with van der Waals surface area (Å²) in [5, 5.41) is 6.03. The predicted octanol–water partition coefficient (Wildman–Crippen LogP) is 6.41. The summed E-state index contributed by atoms with van der Waals surface area (Å²) in [7, 11) is 3.36. The Kier molecular flexibility index (Phi) is 16.6. The molecule has 0 aromatic heterocycles. The summed E-state index contributed by atoms with van der Waals surface area (Å²) in [5.41, 5.74) is 0. The summed E-state index contributed by atoms with van der Waals surface area (Å²) in [6.45, 7) is 3.07. The Morgan fingerprint density at radius 2 is 1.46 bits per heavy atom. The maximum absolute atomic E-state index is 5.16. The van der Waals surface area contributed by atoms with Crippen molar-refractivity contribution in [3.8, 4) is 11.5 Å². The van der Waals surface area contributed by atoms with E-state index >= 15 is 0 Å². The van der Waals surface area contributed by atoms with Crippen LogP contribution < -0.4 is 20.1 Å². The Balaban J connectivity index is 0.000000177. The summed E-state index contributed by atoms with van der Waals surface area (Å²) in [4.78, 5) is 5.58. The van der Waals surface area contributed by atoms with E-state index in [9.17, 15) is 0 Å². The molecule has 3 heterocycles. The summed E-state index contributed by atoms with van der Waals surface area (Å²) in [6, 6.07) is 16.0. The van der Waals surface area contributed by atoms with E-state index in [4.69, 9.17) is 33.9 Å². The van der Waals surface area contributed by atoms with Crippen LogP contribution in [-0.2, 0) is 0 Å². The molecule has 5 nitrogen and oxygen atoms in total. The minimum atomic E-state index is 0.901. The molecule has 2 aromatic carbocycles. The second-order valence-electron chi connectivity index (χ2n) is 6.56. The number of hydrogen-bond acceptors (Lipinski definition) is 9. The topological polar surface area (TPSA) is 54.9 Å². The fourth-order valence-electron chi connectivity index (χ4n) is 2.43. The first-order valence-electron chi connectivity index (χ1n) is 10.6. The van der Waals surface area contributed by atoms with Crippen LogP contribution >= 0.6 is 94.1 Å². The minimum Gasteiger partial charge on any atom is -0.497 e. The summed E-state index contributed by atoms with van der Waals surface area (Å²) in [6.07, 6.45) is 0. The number of thiocarbonyl (C=S) groups is 2. The van der Waals surface area contributed by atoms with Gasteiger partial charge in [0.05, 0.1) is 20.8 Å². The molecule has 3 aliphatic rings. The monoisotopic (exact) mass is 697 g/mol. The van der Waals surface area contributed by atoms with Gasteiger partial charge in [0.25, 0.3) is 0 Å². The number of halogens is 1. The van der Waals surface area contributed by atoms with Gasteiger partial charge in [0.1, 0.15) is 24.5 Å². The third-order valence-electron chi connectivity index (χ3n) is 4.04. The van der Waals surface area contributed by atoms with Gasteiger partial charge in [-0.25, -0.2) is 0 Å². The molecular formula is C23H28IN3O2S6. The minimum absolute atomic E-state index is 0.901. The van der Waals surface area contributed by atoms with Gasteiger partial charge < -0.3 is 20.1 Å². The third-order valence-corrected chi connectivity index (χ3v) is 9.50. The Morgan fingerprint density at radius 3 is 1.86 bits per heavy atom. The van der Waals surface area contributed by atoms with Gasteiger partial charge >= 0.3 is 0 Å². The lowest BCUT2D eigenvalue weighted by molar-refractivity contribution is 0.413. The smallest absolute Gasteiger partial charge is 0.133 e. The van der Waals surface area contributed by atoms with Gasteiger partial charge in [-0.15, -0.1) is 0 Å². The van der Waals surface area contributed by atoms with Gasteiger partial charge in [-0.05, 0) is 59.0 Å². The number of ether oxygens (including phenoxy) is 2. The Labute approximate surface area is 249 Å². The maximum atomic E-state index is 5.16. The molecule has 0 radical (unpaired) electrons. The van der Waals surface area contributed by atoms with E-state index in [-0.39, 0.29) is 0 Å². The molecule has 3 aliphatic heterocycles. The molecule has 2 saturated heterocycles. The van der Waals surface area contributed by atoms with Crippen molar-refractivity contribution < 1.29 is 9.47 Å². The van der Waals surface area contributed by atoms with Crippen molar-refractivity contribution in [2.24, 2.45) is 4.99 Å². The molecule has 0 aliphatic carbocycles. The zero-order chi connectivity index (χ0) is 25.3. The van der Waals surface area contributed by atoms with Crippen LogP contribution in [0.25, 0.3) is 0 Å².